The number of carbonyl (C=O) groups is 2. The molecule has 3 N–H and O–H groups in total. The Kier molecular flexibility index (Phi) is 7.23. The highest BCUT2D eigenvalue weighted by atomic mass is 31.1. The minimum absolute atomic E-state index is 0.0816. The second-order valence-corrected chi connectivity index (χ2v) is 10.3. The van der Waals surface area contributed by atoms with Crippen molar-refractivity contribution in [3.8, 4) is 11.3 Å². The summed E-state index contributed by atoms with van der Waals surface area (Å²) in [6, 6.07) is 8.84. The van der Waals surface area contributed by atoms with Crippen LogP contribution in [0.3, 0.4) is 0 Å². The molecule has 1 unspecified atom stereocenters. The van der Waals surface area contributed by atoms with Crippen LogP contribution in [-0.4, -0.2) is 29.1 Å². The number of aromatic amines is 1. The zero-order chi connectivity index (χ0) is 24.2. The molecule has 1 aliphatic carbocycles. The summed E-state index contributed by atoms with van der Waals surface area (Å²) in [4.78, 5) is 39.6. The monoisotopic (exact) mass is 477 g/mol. The Morgan fingerprint density at radius 2 is 2.00 bits per heavy atom. The molecular weight excluding hydrogens is 449 g/mol. The van der Waals surface area contributed by atoms with Crippen LogP contribution in [0.25, 0.3) is 11.3 Å². The van der Waals surface area contributed by atoms with Crippen LogP contribution in [0, 0.1) is 19.3 Å². The first-order chi connectivity index (χ1) is 16.4. The Morgan fingerprint density at radius 3 is 2.65 bits per heavy atom. The molecule has 2 aromatic heterocycles. The van der Waals surface area contributed by atoms with Crippen molar-refractivity contribution in [2.24, 2.45) is 0 Å². The normalized spacial score (nSPS) is 14.1. The van der Waals surface area contributed by atoms with Gasteiger partial charge in [-0.1, -0.05) is 21.4 Å². The predicted octanol–water partition coefficient (Wildman–Crippen LogP) is 4.24. The third-order valence-electron chi connectivity index (χ3n) is 6.23. The molecule has 1 saturated carbocycles. The zero-order valence-corrected chi connectivity index (χ0v) is 20.3. The molecule has 0 bridgehead atoms. The summed E-state index contributed by atoms with van der Waals surface area (Å²) >= 11 is 0. The van der Waals surface area contributed by atoms with Gasteiger partial charge < -0.3 is 20.1 Å². The van der Waals surface area contributed by atoms with Gasteiger partial charge in [-0.05, 0) is 73.5 Å². The third-order valence-corrected chi connectivity index (χ3v) is 7.94. The van der Waals surface area contributed by atoms with E-state index < -0.39 is 0 Å². The van der Waals surface area contributed by atoms with Crippen LogP contribution in [0.4, 0.5) is 0 Å². The van der Waals surface area contributed by atoms with E-state index in [2.05, 4.69) is 10.3 Å². The van der Waals surface area contributed by atoms with Crippen LogP contribution in [-0.2, 0) is 6.54 Å². The summed E-state index contributed by atoms with van der Waals surface area (Å²) in [5, 5.41) is 11.9. The van der Waals surface area contributed by atoms with Crippen LogP contribution in [0.1, 0.15) is 69.0 Å². The largest absolute Gasteiger partial charge is 0.453 e. The third kappa shape index (κ3) is 5.10. The van der Waals surface area contributed by atoms with Crippen LogP contribution < -0.4 is 16.2 Å². The summed E-state index contributed by atoms with van der Waals surface area (Å²) in [5.41, 5.74) is 4.03. The number of amides is 1. The van der Waals surface area contributed by atoms with Gasteiger partial charge in [-0.25, -0.2) is 0 Å². The maximum atomic E-state index is 13.3. The molecule has 0 radical (unpaired) electrons. The molecule has 0 saturated heterocycles. The number of hydrogen-bond acceptors (Lipinski definition) is 5. The van der Waals surface area contributed by atoms with Crippen molar-refractivity contribution in [3.05, 3.63) is 74.4 Å². The smallest absolute Gasteiger partial charge is 0.253 e. The van der Waals surface area contributed by atoms with Gasteiger partial charge in [0, 0.05) is 40.7 Å². The summed E-state index contributed by atoms with van der Waals surface area (Å²) in [6.07, 6.45) is 6.58. The molecule has 34 heavy (non-hydrogen) atoms. The highest BCUT2D eigenvalue weighted by molar-refractivity contribution is 7.48. The Balaban J connectivity index is 1.71. The van der Waals surface area contributed by atoms with Gasteiger partial charge in [0.1, 0.15) is 5.76 Å². The number of hydrogen-bond donors (Lipinski definition) is 3. The Labute approximate surface area is 199 Å². The lowest BCUT2D eigenvalue weighted by Gasteiger charge is -2.17. The number of aldehydes is 1. The first kappa shape index (κ1) is 23.8. The summed E-state index contributed by atoms with van der Waals surface area (Å²) in [6.45, 7) is 3.74. The van der Waals surface area contributed by atoms with E-state index in [1.54, 1.807) is 18.2 Å². The highest BCUT2D eigenvalue weighted by Gasteiger charge is 2.22. The lowest BCUT2D eigenvalue weighted by Crippen LogP contribution is -2.29. The van der Waals surface area contributed by atoms with Crippen LogP contribution in [0.15, 0.2) is 39.5 Å². The average Bonchev–Trinajstić information content (AvgIpc) is 3.49. The van der Waals surface area contributed by atoms with Gasteiger partial charge in [0.2, 0.25) is 0 Å². The fraction of sp³-hybridized carbons (Fsp3) is 0.308. The van der Waals surface area contributed by atoms with Crippen LogP contribution in [0.5, 0.6) is 0 Å². The second-order valence-electron chi connectivity index (χ2n) is 8.70. The molecule has 7 nitrogen and oxygen atoms in total. The molecule has 1 aromatic carbocycles. The molecule has 1 fully saturated rings. The zero-order valence-electron chi connectivity index (χ0n) is 19.3. The number of H-pyrrole nitrogens is 1. The van der Waals surface area contributed by atoms with E-state index >= 15 is 0 Å². The molecule has 1 aliphatic rings. The summed E-state index contributed by atoms with van der Waals surface area (Å²) in [7, 11) is 0.473. The molecule has 3 aromatic rings. The highest BCUT2D eigenvalue weighted by Crippen LogP contribution is 2.36. The molecule has 176 valence electrons. The predicted molar refractivity (Wildman–Crippen MR) is 135 cm³/mol. The second kappa shape index (κ2) is 10.3. The Hall–Kier alpha value is -3.31. The van der Waals surface area contributed by atoms with Crippen molar-refractivity contribution in [1.29, 1.82) is 5.41 Å². The minimum atomic E-state index is -0.362. The first-order valence-corrected chi connectivity index (χ1v) is 12.5. The fourth-order valence-electron chi connectivity index (χ4n) is 4.48. The number of benzene rings is 1. The van der Waals surface area contributed by atoms with E-state index in [1.165, 1.54) is 19.1 Å². The van der Waals surface area contributed by atoms with Gasteiger partial charge in [0.05, 0.1) is 0 Å². The quantitative estimate of drug-likeness (QED) is 0.256. The standard InChI is InChI=1S/C26H28N3O4P/c1-15-9-16(2)29-26(32)22(15)13-28-25(31)20-10-17(23-8-7-18(14-30)33-23)11-24(21(20)12-27)34-19-5-3-4-6-19/h7-12,14,19,27,34H,3-6,13H2,1-2H3,(H,28,31)(H,29,32). The number of nitrogens with one attached hydrogen (secondary N) is 3. The molecule has 0 spiro atoms. The van der Waals surface area contributed by atoms with Crippen molar-refractivity contribution in [2.45, 2.75) is 51.7 Å². The van der Waals surface area contributed by atoms with E-state index in [0.717, 1.165) is 29.4 Å². The summed E-state index contributed by atoms with van der Waals surface area (Å²) in [5.74, 6) is 0.348. The molecular formula is C26H28N3O4P. The van der Waals surface area contributed by atoms with Crippen LogP contribution in [0.2, 0.25) is 0 Å². The number of rotatable bonds is 8. The van der Waals surface area contributed by atoms with Gasteiger partial charge in [0.15, 0.2) is 12.0 Å². The first-order valence-electron chi connectivity index (χ1n) is 11.4. The maximum Gasteiger partial charge on any atom is 0.253 e. The lowest BCUT2D eigenvalue weighted by molar-refractivity contribution is 0.0950. The van der Waals surface area contributed by atoms with Crippen molar-refractivity contribution in [3.63, 3.8) is 0 Å². The van der Waals surface area contributed by atoms with E-state index in [-0.39, 0.29) is 23.8 Å². The van der Waals surface area contributed by atoms with Gasteiger partial charge in [-0.3, -0.25) is 14.4 Å². The molecule has 4 rings (SSSR count). The SMILES string of the molecule is Cc1cc(C)c(CNC(=O)c2cc(-c3ccc(C=O)o3)cc(PC3CCCC3)c2C=N)c(=O)[nH]1. The number of carbonyl (C=O) groups excluding carboxylic acids is 2. The van der Waals surface area contributed by atoms with E-state index in [9.17, 15) is 14.4 Å². The number of pyridine rings is 1. The molecule has 2 heterocycles. The van der Waals surface area contributed by atoms with Gasteiger partial charge >= 0.3 is 0 Å². The Morgan fingerprint density at radius 1 is 1.24 bits per heavy atom. The number of aromatic nitrogens is 1. The van der Waals surface area contributed by atoms with E-state index in [1.807, 2.05) is 26.0 Å². The summed E-state index contributed by atoms with van der Waals surface area (Å²) < 4.78 is 5.62. The molecule has 1 amide bonds. The van der Waals surface area contributed by atoms with Gasteiger partial charge in [-0.2, -0.15) is 0 Å². The average molecular weight is 478 g/mol. The van der Waals surface area contributed by atoms with Gasteiger partial charge in [-0.15, -0.1) is 0 Å². The molecule has 8 heteroatoms. The van der Waals surface area contributed by atoms with Crippen molar-refractivity contribution < 1.29 is 14.0 Å². The van der Waals surface area contributed by atoms with E-state index in [0.29, 0.717) is 48.5 Å². The topological polar surface area (TPSA) is 116 Å². The van der Waals surface area contributed by atoms with Crippen molar-refractivity contribution in [2.75, 3.05) is 0 Å². The fourth-order valence-corrected chi connectivity index (χ4v) is 6.22. The van der Waals surface area contributed by atoms with E-state index in [4.69, 9.17) is 9.83 Å². The Bertz CT molecular complexity index is 1300. The number of furan rings is 1. The van der Waals surface area contributed by atoms with Crippen molar-refractivity contribution >= 4 is 32.3 Å². The van der Waals surface area contributed by atoms with Crippen LogP contribution >= 0.6 is 8.58 Å². The van der Waals surface area contributed by atoms with Crippen molar-refractivity contribution in [1.82, 2.24) is 10.3 Å². The number of aryl methyl sites for hydroxylation is 2. The lowest BCUT2D eigenvalue weighted by atomic mass is 10.0. The van der Waals surface area contributed by atoms with Gasteiger partial charge in [0.25, 0.3) is 11.5 Å². The minimum Gasteiger partial charge on any atom is -0.453 e. The molecule has 1 atom stereocenters. The molecule has 0 aliphatic heterocycles. The maximum absolute atomic E-state index is 13.3.